The maximum absolute atomic E-state index is 11.4. The number of rotatable bonds is 12. The molecule has 42 heavy (non-hydrogen) atoms. The normalized spacial score (nSPS) is 14.7. The molecule has 0 heterocycles. The average molecular weight is 735 g/mol. The Hall–Kier alpha value is -1.20. The summed E-state index contributed by atoms with van der Waals surface area (Å²) < 4.78 is 218. The van der Waals surface area contributed by atoms with Crippen LogP contribution in [0.15, 0.2) is 0 Å². The van der Waals surface area contributed by atoms with Crippen LogP contribution in [0.4, 0.5) is 52.7 Å². The van der Waals surface area contributed by atoms with Crippen molar-refractivity contribution in [2.24, 2.45) is 5.92 Å². The van der Waals surface area contributed by atoms with Gasteiger partial charge in [0.05, 0.1) is 6.54 Å². The molecule has 0 bridgehead atoms. The summed E-state index contributed by atoms with van der Waals surface area (Å²) in [5.74, 6) is 0.941. The Kier molecular flexibility index (Phi) is 18.0. The SMILES string of the molecule is CCCCC(CC)C[NH2+]CC[NH3+].O=S(=O)([N-]S(=O)(=O)C(F)(F)F)C(F)(F)F.O=S(=O)([N-]S(=O)(=O)C(F)(F)F)C(F)(F)F. The lowest BCUT2D eigenvalue weighted by molar-refractivity contribution is -0.675. The maximum atomic E-state index is 11.4. The van der Waals surface area contributed by atoms with Crippen LogP contribution in [0.1, 0.15) is 39.5 Å². The molecule has 0 aromatic rings. The van der Waals surface area contributed by atoms with E-state index in [0.29, 0.717) is 0 Å². The maximum Gasteiger partial charge on any atom is 0.480 e. The summed E-state index contributed by atoms with van der Waals surface area (Å²) in [6, 6.07) is 0. The minimum absolute atomic E-state index is 0.778. The van der Waals surface area contributed by atoms with Crippen molar-refractivity contribution in [2.75, 3.05) is 19.6 Å². The van der Waals surface area contributed by atoms with Crippen LogP contribution >= 0.6 is 0 Å². The monoisotopic (exact) mass is 734 g/mol. The van der Waals surface area contributed by atoms with Gasteiger partial charge < -0.3 is 19.3 Å². The third-order valence-electron chi connectivity index (χ3n) is 4.01. The Labute approximate surface area is 233 Å². The molecule has 0 amide bonds. The summed E-state index contributed by atoms with van der Waals surface area (Å²) in [7, 11) is -26.9. The zero-order valence-electron chi connectivity index (χ0n) is 21.1. The molecule has 0 aliphatic carbocycles. The van der Waals surface area contributed by atoms with Gasteiger partial charge in [-0.1, -0.05) is 26.7 Å². The van der Waals surface area contributed by atoms with Gasteiger partial charge in [0.15, 0.2) is 40.1 Å². The predicted molar refractivity (Wildman–Crippen MR) is 119 cm³/mol. The number of alkyl halides is 12. The fourth-order valence-electron chi connectivity index (χ4n) is 1.91. The molecule has 0 aliphatic rings. The van der Waals surface area contributed by atoms with E-state index in [9.17, 15) is 86.4 Å². The van der Waals surface area contributed by atoms with Gasteiger partial charge in [-0.05, 0) is 12.8 Å². The molecule has 0 saturated carbocycles. The molecule has 1 unspecified atom stereocenters. The van der Waals surface area contributed by atoms with E-state index in [4.69, 9.17) is 0 Å². The molecule has 0 aromatic carbocycles. The van der Waals surface area contributed by atoms with Crippen LogP contribution in [0.25, 0.3) is 8.25 Å². The first-order chi connectivity index (χ1) is 18.3. The van der Waals surface area contributed by atoms with Crippen molar-refractivity contribution in [3.8, 4) is 0 Å². The van der Waals surface area contributed by atoms with E-state index in [2.05, 4.69) is 24.9 Å². The number of sulfonamides is 4. The first-order valence-electron chi connectivity index (χ1n) is 10.6. The first kappa shape index (κ1) is 45.2. The van der Waals surface area contributed by atoms with Crippen molar-refractivity contribution >= 4 is 40.1 Å². The molecule has 28 heteroatoms. The molecular weight excluding hydrogens is 708 g/mol. The summed E-state index contributed by atoms with van der Waals surface area (Å²) in [4.78, 5) is 0. The highest BCUT2D eigenvalue weighted by Crippen LogP contribution is 2.37. The number of halogens is 12. The van der Waals surface area contributed by atoms with Gasteiger partial charge in [-0.25, -0.2) is 33.7 Å². The van der Waals surface area contributed by atoms with E-state index in [-0.39, 0.29) is 0 Å². The predicted octanol–water partition coefficient (Wildman–Crippen LogP) is 2.13. The Balaban J connectivity index is -0.000000547. The number of nitrogens with zero attached hydrogens (tertiary/aromatic N) is 2. The number of unbranched alkanes of at least 4 members (excludes halogenated alkanes) is 1. The topological polar surface area (TPSA) is 209 Å². The standard InChI is InChI=1S/C10H24N2.2C2F6NO4S2/c1-3-5-6-10(4-2)9-12-8-7-11;2*3-1(4,5)14(10,11)9-15(12,13)2(6,7)8/h10,12H,3-9,11H2,1-2H3;;/q;2*-1/p+2. The van der Waals surface area contributed by atoms with E-state index < -0.39 is 62.1 Å². The fourth-order valence-corrected chi connectivity index (χ4v) is 5.33. The quantitative estimate of drug-likeness (QED) is 0.224. The molecule has 0 aliphatic heterocycles. The van der Waals surface area contributed by atoms with E-state index in [1.807, 2.05) is 0 Å². The van der Waals surface area contributed by atoms with Crippen molar-refractivity contribution in [2.45, 2.75) is 61.6 Å². The molecule has 0 fully saturated rings. The van der Waals surface area contributed by atoms with Crippen LogP contribution in [0.3, 0.4) is 0 Å². The molecule has 258 valence electrons. The Morgan fingerprint density at radius 2 is 0.905 bits per heavy atom. The van der Waals surface area contributed by atoms with Gasteiger partial charge in [0.25, 0.3) is 0 Å². The number of hydrogen-bond donors (Lipinski definition) is 2. The molecule has 0 aromatic heterocycles. The minimum atomic E-state index is -6.72. The highest BCUT2D eigenvalue weighted by molar-refractivity contribution is 8.13. The molecule has 0 rings (SSSR count). The number of quaternary nitrogens is 2. The zero-order valence-corrected chi connectivity index (χ0v) is 24.4. The van der Waals surface area contributed by atoms with Gasteiger partial charge in [-0.3, -0.25) is 0 Å². The molecule has 0 saturated heterocycles. The van der Waals surface area contributed by atoms with E-state index in [1.54, 1.807) is 0 Å². The van der Waals surface area contributed by atoms with Gasteiger partial charge in [0.2, 0.25) is 0 Å². The van der Waals surface area contributed by atoms with E-state index >= 15 is 0 Å². The Morgan fingerprint density at radius 3 is 1.10 bits per heavy atom. The van der Waals surface area contributed by atoms with Crippen LogP contribution in [0.2, 0.25) is 0 Å². The van der Waals surface area contributed by atoms with Crippen LogP contribution in [-0.4, -0.2) is 75.3 Å². The van der Waals surface area contributed by atoms with Gasteiger partial charge in [-0.15, -0.1) is 0 Å². The van der Waals surface area contributed by atoms with Crippen LogP contribution in [0.5, 0.6) is 0 Å². The van der Waals surface area contributed by atoms with Crippen LogP contribution in [0, 0.1) is 5.92 Å². The number of hydrogen-bond acceptors (Lipinski definition) is 8. The lowest BCUT2D eigenvalue weighted by Gasteiger charge is -2.22. The lowest BCUT2D eigenvalue weighted by Crippen LogP contribution is -2.89. The molecule has 1 atom stereocenters. The van der Waals surface area contributed by atoms with Gasteiger partial charge in [0.1, 0.15) is 13.1 Å². The van der Waals surface area contributed by atoms with Crippen molar-refractivity contribution < 1.29 is 97.4 Å². The molecule has 0 spiro atoms. The van der Waals surface area contributed by atoms with E-state index in [1.165, 1.54) is 38.8 Å². The summed E-state index contributed by atoms with van der Waals surface area (Å²) in [5, 5.41) is 2.41. The Morgan fingerprint density at radius 1 is 0.619 bits per heavy atom. The highest BCUT2D eigenvalue weighted by Gasteiger charge is 2.48. The molecule has 12 nitrogen and oxygen atoms in total. The van der Waals surface area contributed by atoms with Crippen molar-refractivity contribution in [3.05, 3.63) is 8.25 Å². The van der Waals surface area contributed by atoms with Crippen LogP contribution in [-0.2, 0) is 40.1 Å². The lowest BCUT2D eigenvalue weighted by atomic mass is 9.99. The van der Waals surface area contributed by atoms with E-state index in [0.717, 1.165) is 20.7 Å². The summed E-state index contributed by atoms with van der Waals surface area (Å²) in [6.07, 6.45) is 5.50. The first-order valence-corrected chi connectivity index (χ1v) is 16.4. The number of nitrogens with two attached hydrogens (primary N) is 1. The minimum Gasteiger partial charge on any atom is -0.421 e. The molecular formula is C14H26F12N4O8S4. The highest BCUT2D eigenvalue weighted by atomic mass is 32.3. The van der Waals surface area contributed by atoms with Crippen LogP contribution < -0.4 is 11.1 Å². The molecule has 0 radical (unpaired) electrons. The van der Waals surface area contributed by atoms with Gasteiger partial charge in [0, 0.05) is 5.92 Å². The summed E-state index contributed by atoms with van der Waals surface area (Å²) in [6.45, 7) is 8.14. The average Bonchev–Trinajstić information content (AvgIpc) is 2.72. The molecule has 5 N–H and O–H groups in total. The smallest absolute Gasteiger partial charge is 0.421 e. The second-order valence-corrected chi connectivity index (χ2v) is 14.3. The second kappa shape index (κ2) is 16.8. The fraction of sp³-hybridized carbons (Fsp3) is 1.00. The van der Waals surface area contributed by atoms with Crippen molar-refractivity contribution in [1.29, 1.82) is 0 Å². The largest absolute Gasteiger partial charge is 0.480 e. The van der Waals surface area contributed by atoms with Crippen molar-refractivity contribution in [1.82, 2.24) is 0 Å². The summed E-state index contributed by atoms with van der Waals surface area (Å²) >= 11 is 0. The summed E-state index contributed by atoms with van der Waals surface area (Å²) in [5.41, 5.74) is -21.0. The second-order valence-electron chi connectivity index (χ2n) is 7.42. The third-order valence-corrected chi connectivity index (χ3v) is 9.49. The zero-order chi connectivity index (χ0) is 34.6. The third kappa shape index (κ3) is 16.6. The Bertz CT molecular complexity index is 1060. The van der Waals surface area contributed by atoms with Gasteiger partial charge in [-0.2, -0.15) is 52.7 Å². The van der Waals surface area contributed by atoms with Gasteiger partial charge >= 0.3 is 22.0 Å². The van der Waals surface area contributed by atoms with Crippen molar-refractivity contribution in [3.63, 3.8) is 0 Å².